The highest BCUT2D eigenvalue weighted by atomic mass is 16.5. The molecule has 0 amide bonds. The van der Waals surface area contributed by atoms with Gasteiger partial charge in [0.25, 0.3) is 5.69 Å². The van der Waals surface area contributed by atoms with Gasteiger partial charge in [-0.15, -0.1) is 0 Å². The molecular formula is C31H28NO2+. The minimum atomic E-state index is 0.505. The van der Waals surface area contributed by atoms with E-state index in [2.05, 4.69) is 79.2 Å². The van der Waals surface area contributed by atoms with Crippen LogP contribution >= 0.6 is 0 Å². The summed E-state index contributed by atoms with van der Waals surface area (Å²) in [7, 11) is 2.10. The third-order valence-corrected chi connectivity index (χ3v) is 6.20. The van der Waals surface area contributed by atoms with Gasteiger partial charge in [0.05, 0.1) is 10.9 Å². The van der Waals surface area contributed by atoms with Crippen molar-refractivity contribution in [2.24, 2.45) is 7.05 Å². The molecule has 0 radical (unpaired) electrons. The van der Waals surface area contributed by atoms with Crippen molar-refractivity contribution in [3.63, 3.8) is 0 Å². The van der Waals surface area contributed by atoms with Crippen molar-refractivity contribution in [1.82, 2.24) is 0 Å². The smallest absolute Gasteiger partial charge is 0.255 e. The highest BCUT2D eigenvalue weighted by Gasteiger charge is 2.25. The largest absolute Gasteiger partial charge is 0.489 e. The second kappa shape index (κ2) is 9.80. The van der Waals surface area contributed by atoms with E-state index in [-0.39, 0.29) is 0 Å². The number of hydrogen-bond donors (Lipinski definition) is 0. The lowest BCUT2D eigenvalue weighted by Gasteiger charge is -2.16. The fourth-order valence-electron chi connectivity index (χ4n) is 4.28. The highest BCUT2D eigenvalue weighted by molar-refractivity contribution is 5.94. The maximum Gasteiger partial charge on any atom is 0.255 e. The van der Waals surface area contributed by atoms with Gasteiger partial charge in [-0.2, -0.15) is 4.57 Å². The summed E-state index contributed by atoms with van der Waals surface area (Å²) in [5.74, 6) is 1.73. The van der Waals surface area contributed by atoms with Crippen molar-refractivity contribution in [3.05, 3.63) is 126 Å². The van der Waals surface area contributed by atoms with Crippen LogP contribution in [0.15, 0.2) is 109 Å². The molecule has 0 spiro atoms. The maximum absolute atomic E-state index is 6.53. The van der Waals surface area contributed by atoms with E-state index in [4.69, 9.17) is 9.47 Å². The third kappa shape index (κ3) is 4.51. The Morgan fingerprint density at radius 3 is 1.79 bits per heavy atom. The first kappa shape index (κ1) is 21.7. The first-order valence-electron chi connectivity index (χ1n) is 11.6. The van der Waals surface area contributed by atoms with Crippen LogP contribution in [0.3, 0.4) is 0 Å². The molecule has 0 saturated heterocycles. The number of hydrogen-bond acceptors (Lipinski definition) is 2. The minimum absolute atomic E-state index is 0.505. The standard InChI is InChI=1S/C31H28NO2/c1-23-29-20-27(33-21-24-12-6-3-7-13-24)18-19-28(29)31(34-22-25-14-8-4-9-15-25)30(32(23)2)26-16-10-5-11-17-26/h3-20H,21-22H2,1-2H3/q+1. The van der Waals surface area contributed by atoms with Crippen LogP contribution in [0, 0.1) is 6.92 Å². The van der Waals surface area contributed by atoms with Gasteiger partial charge in [-0.05, 0) is 41.5 Å². The number of benzene rings is 4. The van der Waals surface area contributed by atoms with Gasteiger partial charge < -0.3 is 9.47 Å². The molecule has 0 unspecified atom stereocenters. The molecule has 0 saturated carbocycles. The minimum Gasteiger partial charge on any atom is -0.489 e. The van der Waals surface area contributed by atoms with Gasteiger partial charge >= 0.3 is 0 Å². The predicted octanol–water partition coefficient (Wildman–Crippen LogP) is 6.80. The first-order valence-corrected chi connectivity index (χ1v) is 11.6. The number of pyridine rings is 1. The van der Waals surface area contributed by atoms with Crippen LogP contribution in [0.4, 0.5) is 0 Å². The molecule has 0 aliphatic rings. The Morgan fingerprint density at radius 1 is 0.618 bits per heavy atom. The molecule has 0 fully saturated rings. The molecule has 0 aliphatic heterocycles. The summed E-state index contributed by atoms with van der Waals surface area (Å²) in [5, 5.41) is 2.20. The average Bonchev–Trinajstić information content (AvgIpc) is 2.90. The van der Waals surface area contributed by atoms with Crippen LogP contribution in [0.1, 0.15) is 16.8 Å². The SMILES string of the molecule is Cc1c2cc(OCc3ccccc3)ccc2c(OCc2ccccc2)c(-c2ccccc2)[n+]1C. The van der Waals surface area contributed by atoms with E-state index >= 15 is 0 Å². The van der Waals surface area contributed by atoms with Crippen molar-refractivity contribution >= 4 is 10.8 Å². The zero-order valence-electron chi connectivity index (χ0n) is 19.6. The second-order valence-corrected chi connectivity index (χ2v) is 8.44. The van der Waals surface area contributed by atoms with E-state index in [0.29, 0.717) is 13.2 Å². The van der Waals surface area contributed by atoms with Crippen molar-refractivity contribution in [2.75, 3.05) is 0 Å². The Hall–Kier alpha value is -4.11. The van der Waals surface area contributed by atoms with E-state index in [9.17, 15) is 0 Å². The van der Waals surface area contributed by atoms with Gasteiger partial charge in [0, 0.05) is 12.3 Å². The molecule has 1 heterocycles. The number of nitrogens with zero attached hydrogens (tertiary/aromatic N) is 1. The summed E-state index contributed by atoms with van der Waals surface area (Å²) in [6.07, 6.45) is 0. The Bertz CT molecular complexity index is 1400. The molecule has 3 nitrogen and oxygen atoms in total. The van der Waals surface area contributed by atoms with Crippen molar-refractivity contribution in [3.8, 4) is 22.8 Å². The zero-order chi connectivity index (χ0) is 23.3. The van der Waals surface area contributed by atoms with E-state index in [0.717, 1.165) is 50.3 Å². The summed E-state index contributed by atoms with van der Waals surface area (Å²) < 4.78 is 14.9. The Kier molecular flexibility index (Phi) is 6.26. The normalized spacial score (nSPS) is 10.9. The molecule has 168 valence electrons. The number of aromatic nitrogens is 1. The lowest BCUT2D eigenvalue weighted by Crippen LogP contribution is -2.35. The fourth-order valence-corrected chi connectivity index (χ4v) is 4.28. The molecule has 5 rings (SSSR count). The summed E-state index contributed by atoms with van der Waals surface area (Å²) in [6.45, 7) is 3.19. The molecule has 1 aromatic heterocycles. The Morgan fingerprint density at radius 2 is 1.18 bits per heavy atom. The van der Waals surface area contributed by atoms with Crippen molar-refractivity contribution in [1.29, 1.82) is 0 Å². The molecule has 34 heavy (non-hydrogen) atoms. The van der Waals surface area contributed by atoms with Crippen LogP contribution in [-0.4, -0.2) is 0 Å². The van der Waals surface area contributed by atoms with Crippen LogP contribution in [0.5, 0.6) is 11.5 Å². The van der Waals surface area contributed by atoms with E-state index < -0.39 is 0 Å². The summed E-state index contributed by atoms with van der Waals surface area (Å²) >= 11 is 0. The predicted molar refractivity (Wildman–Crippen MR) is 137 cm³/mol. The molecule has 0 bridgehead atoms. The number of ether oxygens (including phenoxy) is 2. The number of rotatable bonds is 7. The molecule has 5 aromatic rings. The van der Waals surface area contributed by atoms with Crippen LogP contribution in [0.25, 0.3) is 22.0 Å². The second-order valence-electron chi connectivity index (χ2n) is 8.44. The van der Waals surface area contributed by atoms with Gasteiger partial charge in [-0.3, -0.25) is 0 Å². The molecule has 3 heteroatoms. The van der Waals surface area contributed by atoms with Crippen molar-refractivity contribution in [2.45, 2.75) is 20.1 Å². The van der Waals surface area contributed by atoms with Crippen molar-refractivity contribution < 1.29 is 14.0 Å². The molecule has 0 aliphatic carbocycles. The molecule has 4 aromatic carbocycles. The van der Waals surface area contributed by atoms with Gasteiger partial charge in [-0.25, -0.2) is 0 Å². The Labute approximate surface area is 200 Å². The van der Waals surface area contributed by atoms with Crippen LogP contribution in [-0.2, 0) is 20.3 Å². The maximum atomic E-state index is 6.53. The van der Waals surface area contributed by atoms with Crippen LogP contribution < -0.4 is 14.0 Å². The first-order chi connectivity index (χ1) is 16.7. The monoisotopic (exact) mass is 446 g/mol. The fraction of sp³-hybridized carbons (Fsp3) is 0.129. The quantitative estimate of drug-likeness (QED) is 0.257. The molecule has 0 atom stereocenters. The summed E-state index contributed by atoms with van der Waals surface area (Å²) in [6, 6.07) is 37.2. The Balaban J connectivity index is 1.58. The highest BCUT2D eigenvalue weighted by Crippen LogP contribution is 2.37. The van der Waals surface area contributed by atoms with Gasteiger partial charge in [-0.1, -0.05) is 78.9 Å². The zero-order valence-corrected chi connectivity index (χ0v) is 19.6. The third-order valence-electron chi connectivity index (χ3n) is 6.20. The van der Waals surface area contributed by atoms with E-state index in [1.807, 2.05) is 48.5 Å². The lowest BCUT2D eigenvalue weighted by molar-refractivity contribution is -0.665. The molecular weight excluding hydrogens is 418 g/mol. The van der Waals surface area contributed by atoms with E-state index in [1.54, 1.807) is 0 Å². The average molecular weight is 447 g/mol. The van der Waals surface area contributed by atoms with Gasteiger partial charge in [0.2, 0.25) is 0 Å². The molecule has 0 N–H and O–H groups in total. The van der Waals surface area contributed by atoms with Crippen LogP contribution in [0.2, 0.25) is 0 Å². The summed E-state index contributed by atoms with van der Waals surface area (Å²) in [5.41, 5.74) is 5.64. The topological polar surface area (TPSA) is 22.3 Å². The van der Waals surface area contributed by atoms with Gasteiger partial charge in [0.1, 0.15) is 26.0 Å². The number of aryl methyl sites for hydroxylation is 1. The van der Waals surface area contributed by atoms with E-state index in [1.165, 1.54) is 0 Å². The van der Waals surface area contributed by atoms with Gasteiger partial charge in [0.15, 0.2) is 11.4 Å². The lowest BCUT2D eigenvalue weighted by atomic mass is 10.0. The number of fused-ring (bicyclic) bond motifs is 1. The summed E-state index contributed by atoms with van der Waals surface area (Å²) in [4.78, 5) is 0.